The highest BCUT2D eigenvalue weighted by Crippen LogP contribution is 2.08. The van der Waals surface area contributed by atoms with E-state index < -0.39 is 0 Å². The van der Waals surface area contributed by atoms with Gasteiger partial charge in [0, 0.05) is 25.2 Å². The van der Waals surface area contributed by atoms with Gasteiger partial charge in [-0.15, -0.1) is 0 Å². The highest BCUT2D eigenvalue weighted by molar-refractivity contribution is 9.10. The molecule has 1 N–H and O–H groups in total. The third-order valence-corrected chi connectivity index (χ3v) is 3.08. The Morgan fingerprint density at radius 3 is 3.00 bits per heavy atom. The molecule has 0 spiro atoms. The van der Waals surface area contributed by atoms with Crippen LogP contribution in [0.15, 0.2) is 27.6 Å². The Bertz CT molecular complexity index is 441. The molecule has 1 aliphatic heterocycles. The van der Waals surface area contributed by atoms with Gasteiger partial charge in [0.15, 0.2) is 0 Å². The molecule has 0 saturated carbocycles. The average Bonchev–Trinajstić information content (AvgIpc) is 2.59. The molecule has 1 aliphatic rings. The monoisotopic (exact) mass is 270 g/mol. The molecule has 1 fully saturated rings. The van der Waals surface area contributed by atoms with Crippen LogP contribution in [0.2, 0.25) is 0 Å². The molecular formula is C10H11BrN2O2. The number of rotatable bonds is 2. The first-order chi connectivity index (χ1) is 7.16. The topological polar surface area (TPSA) is 51.1 Å². The van der Waals surface area contributed by atoms with E-state index in [9.17, 15) is 9.59 Å². The van der Waals surface area contributed by atoms with Crippen molar-refractivity contribution in [3.05, 3.63) is 33.2 Å². The van der Waals surface area contributed by atoms with Crippen molar-refractivity contribution in [2.75, 3.05) is 0 Å². The van der Waals surface area contributed by atoms with Gasteiger partial charge in [-0.3, -0.25) is 9.59 Å². The van der Waals surface area contributed by atoms with E-state index in [0.29, 0.717) is 17.4 Å². The first kappa shape index (κ1) is 10.4. The maximum atomic E-state index is 11.6. The number of nitrogens with zero attached hydrogens (tertiary/aromatic N) is 1. The maximum absolute atomic E-state index is 11.6. The number of aromatic nitrogens is 1. The van der Waals surface area contributed by atoms with Crippen LogP contribution in [0.4, 0.5) is 0 Å². The van der Waals surface area contributed by atoms with Crippen molar-refractivity contribution in [1.82, 2.24) is 9.88 Å². The SMILES string of the molecule is O=C1CCC(Cn2cccc(Br)c2=O)N1. The number of pyridine rings is 1. The number of hydrogen-bond acceptors (Lipinski definition) is 2. The van der Waals surface area contributed by atoms with E-state index in [1.165, 1.54) is 0 Å². The van der Waals surface area contributed by atoms with Crippen molar-refractivity contribution in [3.63, 3.8) is 0 Å². The lowest BCUT2D eigenvalue weighted by atomic mass is 10.2. The molecule has 0 aliphatic carbocycles. The van der Waals surface area contributed by atoms with Crippen LogP contribution in [0, 0.1) is 0 Å². The molecule has 2 heterocycles. The largest absolute Gasteiger partial charge is 0.352 e. The molecule has 1 amide bonds. The normalized spacial score (nSPS) is 20.3. The molecule has 1 aromatic heterocycles. The minimum Gasteiger partial charge on any atom is -0.352 e. The molecule has 2 rings (SSSR count). The summed E-state index contributed by atoms with van der Waals surface area (Å²) < 4.78 is 2.16. The van der Waals surface area contributed by atoms with E-state index in [1.54, 1.807) is 16.8 Å². The van der Waals surface area contributed by atoms with Gasteiger partial charge in [0.05, 0.1) is 4.47 Å². The Labute approximate surface area is 95.4 Å². The zero-order chi connectivity index (χ0) is 10.8. The number of nitrogens with one attached hydrogen (secondary N) is 1. The van der Waals surface area contributed by atoms with Crippen molar-refractivity contribution in [2.24, 2.45) is 0 Å². The molecule has 0 radical (unpaired) electrons. The van der Waals surface area contributed by atoms with E-state index in [-0.39, 0.29) is 17.5 Å². The summed E-state index contributed by atoms with van der Waals surface area (Å²) in [4.78, 5) is 22.6. The van der Waals surface area contributed by atoms with Gasteiger partial charge in [-0.05, 0) is 34.5 Å². The van der Waals surface area contributed by atoms with Crippen molar-refractivity contribution in [1.29, 1.82) is 0 Å². The molecular weight excluding hydrogens is 260 g/mol. The third-order valence-electron chi connectivity index (χ3n) is 2.48. The Hall–Kier alpha value is -1.10. The fourth-order valence-corrected chi connectivity index (χ4v) is 2.08. The van der Waals surface area contributed by atoms with Crippen molar-refractivity contribution in [3.8, 4) is 0 Å². The third kappa shape index (κ3) is 2.28. The summed E-state index contributed by atoms with van der Waals surface area (Å²) in [7, 11) is 0. The predicted molar refractivity (Wildman–Crippen MR) is 59.6 cm³/mol. The average molecular weight is 271 g/mol. The van der Waals surface area contributed by atoms with Crippen LogP contribution in [-0.2, 0) is 11.3 Å². The van der Waals surface area contributed by atoms with Gasteiger partial charge in [0.1, 0.15) is 0 Å². The van der Waals surface area contributed by atoms with Gasteiger partial charge in [-0.1, -0.05) is 0 Å². The first-order valence-electron chi connectivity index (χ1n) is 4.81. The van der Waals surface area contributed by atoms with Crippen LogP contribution >= 0.6 is 15.9 Å². The molecule has 1 atom stereocenters. The second-order valence-electron chi connectivity index (χ2n) is 3.62. The lowest BCUT2D eigenvalue weighted by molar-refractivity contribution is -0.119. The minimum absolute atomic E-state index is 0.0568. The van der Waals surface area contributed by atoms with E-state index in [4.69, 9.17) is 0 Å². The highest BCUT2D eigenvalue weighted by Gasteiger charge is 2.21. The summed E-state index contributed by atoms with van der Waals surface area (Å²) in [6.45, 7) is 0.546. The zero-order valence-corrected chi connectivity index (χ0v) is 9.66. The Morgan fingerprint density at radius 1 is 1.53 bits per heavy atom. The lowest BCUT2D eigenvalue weighted by Gasteiger charge is -2.11. The second-order valence-corrected chi connectivity index (χ2v) is 4.47. The molecule has 1 saturated heterocycles. The van der Waals surface area contributed by atoms with Crippen LogP contribution in [0.1, 0.15) is 12.8 Å². The van der Waals surface area contributed by atoms with Crippen LogP contribution in [0.25, 0.3) is 0 Å². The van der Waals surface area contributed by atoms with Crippen molar-refractivity contribution in [2.45, 2.75) is 25.4 Å². The maximum Gasteiger partial charge on any atom is 0.264 e. The number of carbonyl (C=O) groups is 1. The Balaban J connectivity index is 2.14. The van der Waals surface area contributed by atoms with Gasteiger partial charge in [0.25, 0.3) is 5.56 Å². The highest BCUT2D eigenvalue weighted by atomic mass is 79.9. The Kier molecular flexibility index (Phi) is 2.90. The van der Waals surface area contributed by atoms with Crippen molar-refractivity contribution < 1.29 is 4.79 Å². The van der Waals surface area contributed by atoms with E-state index in [0.717, 1.165) is 6.42 Å². The van der Waals surface area contributed by atoms with Crippen molar-refractivity contribution >= 4 is 21.8 Å². The van der Waals surface area contributed by atoms with Crippen LogP contribution in [0.3, 0.4) is 0 Å². The van der Waals surface area contributed by atoms with E-state index in [1.807, 2.05) is 6.07 Å². The molecule has 4 nitrogen and oxygen atoms in total. The number of halogens is 1. The van der Waals surface area contributed by atoms with Gasteiger partial charge in [-0.2, -0.15) is 0 Å². The number of hydrogen-bond donors (Lipinski definition) is 1. The molecule has 15 heavy (non-hydrogen) atoms. The molecule has 80 valence electrons. The molecule has 0 aromatic carbocycles. The minimum atomic E-state index is -0.0568. The fraction of sp³-hybridized carbons (Fsp3) is 0.400. The van der Waals surface area contributed by atoms with E-state index in [2.05, 4.69) is 21.2 Å². The fourth-order valence-electron chi connectivity index (χ4n) is 1.70. The quantitative estimate of drug-likeness (QED) is 0.868. The van der Waals surface area contributed by atoms with Crippen LogP contribution < -0.4 is 10.9 Å². The summed E-state index contributed by atoms with van der Waals surface area (Å²) in [6, 6.07) is 3.61. The van der Waals surface area contributed by atoms with Crippen LogP contribution in [0.5, 0.6) is 0 Å². The lowest BCUT2D eigenvalue weighted by Crippen LogP contribution is -2.33. The smallest absolute Gasteiger partial charge is 0.264 e. The summed E-state index contributed by atoms with van der Waals surface area (Å²) in [5.41, 5.74) is -0.0568. The standard InChI is InChI=1S/C10H11BrN2O2/c11-8-2-1-5-13(10(8)15)6-7-3-4-9(14)12-7/h1-2,5,7H,3-4,6H2,(H,12,14). The summed E-state index contributed by atoms with van der Waals surface area (Å²) in [6.07, 6.45) is 3.10. The zero-order valence-electron chi connectivity index (χ0n) is 8.07. The molecule has 1 aromatic rings. The van der Waals surface area contributed by atoms with Gasteiger partial charge >= 0.3 is 0 Å². The second kappa shape index (κ2) is 4.18. The van der Waals surface area contributed by atoms with E-state index >= 15 is 0 Å². The predicted octanol–water partition coefficient (Wildman–Crippen LogP) is 0.889. The Morgan fingerprint density at radius 2 is 2.33 bits per heavy atom. The molecule has 0 bridgehead atoms. The van der Waals surface area contributed by atoms with Gasteiger partial charge in [-0.25, -0.2) is 0 Å². The summed E-state index contributed by atoms with van der Waals surface area (Å²) >= 11 is 3.19. The van der Waals surface area contributed by atoms with Crippen LogP contribution in [-0.4, -0.2) is 16.5 Å². The summed E-state index contributed by atoms with van der Waals surface area (Å²) in [5.74, 6) is 0.0723. The van der Waals surface area contributed by atoms with Gasteiger partial charge in [0.2, 0.25) is 5.91 Å². The number of carbonyl (C=O) groups excluding carboxylic acids is 1. The first-order valence-corrected chi connectivity index (χ1v) is 5.60. The number of amides is 1. The van der Waals surface area contributed by atoms with Gasteiger partial charge < -0.3 is 9.88 Å². The molecule has 5 heteroatoms. The molecule has 1 unspecified atom stereocenters. The summed E-state index contributed by atoms with van der Waals surface area (Å²) in [5, 5.41) is 2.84.